The molecule has 0 aromatic heterocycles. The van der Waals surface area contributed by atoms with Crippen LogP contribution in [-0.4, -0.2) is 30.6 Å². The van der Waals surface area contributed by atoms with Crippen molar-refractivity contribution in [1.82, 2.24) is 4.90 Å². The number of hydrogen-bond donors (Lipinski definition) is 1. The third kappa shape index (κ3) is 2.42. The van der Waals surface area contributed by atoms with Gasteiger partial charge in [0.1, 0.15) is 5.83 Å². The maximum Gasteiger partial charge on any atom is 0.110 e. The van der Waals surface area contributed by atoms with Gasteiger partial charge in [-0.2, -0.15) is 0 Å². The predicted octanol–water partition coefficient (Wildman–Crippen LogP) is 1.45. The predicted molar refractivity (Wildman–Crippen MR) is 55.5 cm³/mol. The fraction of sp³-hybridized carbons (Fsp3) is 0.636. The van der Waals surface area contributed by atoms with Crippen LogP contribution in [-0.2, 0) is 0 Å². The molecule has 2 rings (SSSR count). The summed E-state index contributed by atoms with van der Waals surface area (Å²) in [5.74, 6) is 0.540. The van der Waals surface area contributed by atoms with E-state index in [1.165, 1.54) is 0 Å². The molecule has 0 bridgehead atoms. The van der Waals surface area contributed by atoms with Crippen LogP contribution >= 0.6 is 0 Å². The molecule has 2 N–H and O–H groups in total. The molecular weight excluding hydrogens is 179 g/mol. The molecule has 0 radical (unpaired) electrons. The Morgan fingerprint density at radius 2 is 2.36 bits per heavy atom. The van der Waals surface area contributed by atoms with Gasteiger partial charge in [0.05, 0.1) is 0 Å². The molecule has 0 spiro atoms. The number of rotatable bonds is 2. The van der Waals surface area contributed by atoms with E-state index < -0.39 is 0 Å². The molecule has 2 aliphatic rings. The monoisotopic (exact) mass is 196 g/mol. The zero-order valence-electron chi connectivity index (χ0n) is 8.32. The molecule has 78 valence electrons. The van der Waals surface area contributed by atoms with Crippen LogP contribution in [0.25, 0.3) is 0 Å². The van der Waals surface area contributed by atoms with Crippen LogP contribution in [0.3, 0.4) is 0 Å². The minimum atomic E-state index is 0.0162. The first-order chi connectivity index (χ1) is 6.74. The Labute approximate surface area is 84.3 Å². The quantitative estimate of drug-likeness (QED) is 0.677. The SMILES string of the molecule is NC1C=CC(CN2CCC=C(F)C2)C1. The fourth-order valence-electron chi connectivity index (χ4n) is 2.19. The summed E-state index contributed by atoms with van der Waals surface area (Å²) in [5, 5.41) is 0. The number of nitrogens with zero attached hydrogens (tertiary/aromatic N) is 1. The van der Waals surface area contributed by atoms with E-state index >= 15 is 0 Å². The zero-order chi connectivity index (χ0) is 9.97. The standard InChI is InChI=1S/C11H17FN2/c12-10-2-1-5-14(8-10)7-9-3-4-11(13)6-9/h2-4,9,11H,1,5-8,13H2. The van der Waals surface area contributed by atoms with Crippen molar-refractivity contribution in [3.05, 3.63) is 24.1 Å². The van der Waals surface area contributed by atoms with Crippen molar-refractivity contribution in [3.8, 4) is 0 Å². The highest BCUT2D eigenvalue weighted by Gasteiger charge is 2.20. The molecule has 2 nitrogen and oxygen atoms in total. The van der Waals surface area contributed by atoms with Gasteiger partial charge in [0.2, 0.25) is 0 Å². The third-order valence-electron chi connectivity index (χ3n) is 2.88. The molecule has 0 fully saturated rings. The van der Waals surface area contributed by atoms with Gasteiger partial charge in [-0.25, -0.2) is 4.39 Å². The maximum absolute atomic E-state index is 13.0. The lowest BCUT2D eigenvalue weighted by atomic mass is 10.1. The molecular formula is C11H17FN2. The molecule has 0 aromatic carbocycles. The summed E-state index contributed by atoms with van der Waals surface area (Å²) in [4.78, 5) is 2.17. The smallest absolute Gasteiger partial charge is 0.110 e. The van der Waals surface area contributed by atoms with Gasteiger partial charge in [-0.3, -0.25) is 4.90 Å². The first-order valence-electron chi connectivity index (χ1n) is 5.25. The molecule has 3 heteroatoms. The number of nitrogens with two attached hydrogens (primary N) is 1. The minimum absolute atomic E-state index is 0.0162. The van der Waals surface area contributed by atoms with Crippen LogP contribution < -0.4 is 5.73 Å². The summed E-state index contributed by atoms with van der Waals surface area (Å²) in [5.41, 5.74) is 5.77. The lowest BCUT2D eigenvalue weighted by Gasteiger charge is -2.26. The first kappa shape index (κ1) is 9.87. The van der Waals surface area contributed by atoms with Crippen LogP contribution in [0.4, 0.5) is 4.39 Å². The minimum Gasteiger partial charge on any atom is -0.324 e. The van der Waals surface area contributed by atoms with E-state index in [0.29, 0.717) is 12.5 Å². The van der Waals surface area contributed by atoms with Gasteiger partial charge in [0.25, 0.3) is 0 Å². The van der Waals surface area contributed by atoms with Gasteiger partial charge >= 0.3 is 0 Å². The van der Waals surface area contributed by atoms with E-state index in [0.717, 1.165) is 25.9 Å². The fourth-order valence-corrected chi connectivity index (χ4v) is 2.19. The Kier molecular flexibility index (Phi) is 2.99. The number of hydrogen-bond acceptors (Lipinski definition) is 2. The van der Waals surface area contributed by atoms with Gasteiger partial charge in [0, 0.05) is 25.7 Å². The summed E-state index contributed by atoms with van der Waals surface area (Å²) in [6.45, 7) is 2.41. The van der Waals surface area contributed by atoms with Crippen molar-refractivity contribution >= 4 is 0 Å². The largest absolute Gasteiger partial charge is 0.324 e. The van der Waals surface area contributed by atoms with Gasteiger partial charge in [-0.1, -0.05) is 18.2 Å². The van der Waals surface area contributed by atoms with Gasteiger partial charge < -0.3 is 5.73 Å². The Morgan fingerprint density at radius 3 is 3.00 bits per heavy atom. The van der Waals surface area contributed by atoms with Crippen LogP contribution in [0.2, 0.25) is 0 Å². The van der Waals surface area contributed by atoms with E-state index in [9.17, 15) is 4.39 Å². The Balaban J connectivity index is 1.81. The summed E-state index contributed by atoms with van der Waals surface area (Å²) < 4.78 is 13.0. The molecule has 0 saturated carbocycles. The van der Waals surface area contributed by atoms with Gasteiger partial charge in [-0.05, 0) is 18.8 Å². The maximum atomic E-state index is 13.0. The topological polar surface area (TPSA) is 29.3 Å². The second kappa shape index (κ2) is 4.24. The van der Waals surface area contributed by atoms with Crippen molar-refractivity contribution in [1.29, 1.82) is 0 Å². The van der Waals surface area contributed by atoms with Crippen molar-refractivity contribution in [2.75, 3.05) is 19.6 Å². The average Bonchev–Trinajstić information content (AvgIpc) is 2.51. The van der Waals surface area contributed by atoms with Gasteiger partial charge in [-0.15, -0.1) is 0 Å². The van der Waals surface area contributed by atoms with Crippen LogP contribution in [0.5, 0.6) is 0 Å². The second-order valence-electron chi connectivity index (χ2n) is 4.22. The zero-order valence-corrected chi connectivity index (χ0v) is 8.32. The third-order valence-corrected chi connectivity index (χ3v) is 2.88. The van der Waals surface area contributed by atoms with Crippen molar-refractivity contribution in [2.24, 2.45) is 11.7 Å². The highest BCUT2D eigenvalue weighted by Crippen LogP contribution is 2.20. The lowest BCUT2D eigenvalue weighted by molar-refractivity contribution is 0.240. The van der Waals surface area contributed by atoms with Crippen molar-refractivity contribution < 1.29 is 4.39 Å². The van der Waals surface area contributed by atoms with Crippen molar-refractivity contribution in [2.45, 2.75) is 18.9 Å². The molecule has 1 aliphatic carbocycles. The summed E-state index contributed by atoms with van der Waals surface area (Å²) in [6, 6.07) is 0.213. The molecule has 0 amide bonds. The Hall–Kier alpha value is -0.670. The summed E-state index contributed by atoms with van der Waals surface area (Å²) in [6.07, 6.45) is 7.77. The van der Waals surface area contributed by atoms with Gasteiger partial charge in [0.15, 0.2) is 0 Å². The summed E-state index contributed by atoms with van der Waals surface area (Å²) in [7, 11) is 0. The molecule has 1 aliphatic heterocycles. The molecule has 0 saturated heterocycles. The molecule has 2 atom stereocenters. The lowest BCUT2D eigenvalue weighted by Crippen LogP contribution is -2.33. The number of halogens is 1. The molecule has 2 unspecified atom stereocenters. The Bertz CT molecular complexity index is 260. The van der Waals surface area contributed by atoms with E-state index in [4.69, 9.17) is 5.73 Å². The van der Waals surface area contributed by atoms with E-state index in [1.807, 2.05) is 0 Å². The molecule has 1 heterocycles. The second-order valence-corrected chi connectivity index (χ2v) is 4.22. The van der Waals surface area contributed by atoms with E-state index in [1.54, 1.807) is 6.08 Å². The highest BCUT2D eigenvalue weighted by molar-refractivity contribution is 5.06. The summed E-state index contributed by atoms with van der Waals surface area (Å²) >= 11 is 0. The van der Waals surface area contributed by atoms with Crippen LogP contribution in [0.15, 0.2) is 24.1 Å². The molecule has 0 aromatic rings. The van der Waals surface area contributed by atoms with Crippen LogP contribution in [0, 0.1) is 5.92 Å². The average molecular weight is 196 g/mol. The Morgan fingerprint density at radius 1 is 1.50 bits per heavy atom. The highest BCUT2D eigenvalue weighted by atomic mass is 19.1. The van der Waals surface area contributed by atoms with Crippen LogP contribution in [0.1, 0.15) is 12.8 Å². The normalized spacial score (nSPS) is 33.4. The first-order valence-corrected chi connectivity index (χ1v) is 5.25. The van der Waals surface area contributed by atoms with Crippen molar-refractivity contribution in [3.63, 3.8) is 0 Å². The molecule has 14 heavy (non-hydrogen) atoms. The van der Waals surface area contributed by atoms with E-state index in [-0.39, 0.29) is 11.9 Å². The van der Waals surface area contributed by atoms with E-state index in [2.05, 4.69) is 17.1 Å².